The SMILES string of the molecule is CC(Nc1ncnc2sccc12)C1CCCO1. The molecule has 17 heavy (non-hydrogen) atoms. The zero-order valence-corrected chi connectivity index (χ0v) is 10.5. The van der Waals surface area contributed by atoms with Crippen LogP contribution in [0, 0.1) is 0 Å². The monoisotopic (exact) mass is 249 g/mol. The van der Waals surface area contributed by atoms with Crippen molar-refractivity contribution in [3.8, 4) is 0 Å². The molecule has 0 saturated carbocycles. The molecule has 1 N–H and O–H groups in total. The fraction of sp³-hybridized carbons (Fsp3) is 0.500. The molecule has 3 heterocycles. The Labute approximate surface area is 104 Å². The molecule has 2 unspecified atom stereocenters. The van der Waals surface area contributed by atoms with Gasteiger partial charge in [0.1, 0.15) is 17.0 Å². The van der Waals surface area contributed by atoms with Gasteiger partial charge in [-0.25, -0.2) is 9.97 Å². The quantitative estimate of drug-likeness (QED) is 0.908. The predicted molar refractivity (Wildman–Crippen MR) is 69.5 cm³/mol. The number of hydrogen-bond acceptors (Lipinski definition) is 5. The number of fused-ring (bicyclic) bond motifs is 1. The predicted octanol–water partition coefficient (Wildman–Crippen LogP) is 2.67. The highest BCUT2D eigenvalue weighted by atomic mass is 32.1. The summed E-state index contributed by atoms with van der Waals surface area (Å²) in [5.41, 5.74) is 0. The second-order valence-corrected chi connectivity index (χ2v) is 5.24. The number of nitrogens with zero attached hydrogens (tertiary/aromatic N) is 2. The van der Waals surface area contributed by atoms with E-state index in [0.29, 0.717) is 6.10 Å². The van der Waals surface area contributed by atoms with Crippen molar-refractivity contribution in [2.45, 2.75) is 31.9 Å². The lowest BCUT2D eigenvalue weighted by atomic mass is 10.1. The maximum Gasteiger partial charge on any atom is 0.138 e. The molecular weight excluding hydrogens is 234 g/mol. The Morgan fingerprint density at radius 1 is 1.53 bits per heavy atom. The lowest BCUT2D eigenvalue weighted by Gasteiger charge is -2.20. The van der Waals surface area contributed by atoms with Crippen molar-refractivity contribution < 1.29 is 4.74 Å². The minimum absolute atomic E-state index is 0.288. The number of aromatic nitrogens is 2. The largest absolute Gasteiger partial charge is 0.376 e. The molecule has 2 atom stereocenters. The Morgan fingerprint density at radius 3 is 3.29 bits per heavy atom. The number of nitrogens with one attached hydrogen (secondary N) is 1. The van der Waals surface area contributed by atoms with E-state index >= 15 is 0 Å². The van der Waals surface area contributed by atoms with Crippen molar-refractivity contribution in [3.63, 3.8) is 0 Å². The highest BCUT2D eigenvalue weighted by Crippen LogP contribution is 2.25. The molecule has 4 nitrogen and oxygen atoms in total. The van der Waals surface area contributed by atoms with E-state index in [-0.39, 0.29) is 6.04 Å². The molecule has 90 valence electrons. The third-order valence-electron chi connectivity index (χ3n) is 3.15. The van der Waals surface area contributed by atoms with Crippen LogP contribution in [0.15, 0.2) is 17.8 Å². The molecule has 1 aliphatic heterocycles. The standard InChI is InChI=1S/C12H15N3OS/c1-8(10-3-2-5-16-10)15-11-9-4-6-17-12(9)14-7-13-11/h4,6-8,10H,2-3,5H2,1H3,(H,13,14,15). The molecule has 0 aromatic carbocycles. The first-order valence-electron chi connectivity index (χ1n) is 5.91. The molecule has 1 fully saturated rings. The summed E-state index contributed by atoms with van der Waals surface area (Å²) in [6, 6.07) is 2.35. The summed E-state index contributed by atoms with van der Waals surface area (Å²) in [4.78, 5) is 9.59. The molecule has 1 aliphatic rings. The van der Waals surface area contributed by atoms with E-state index in [9.17, 15) is 0 Å². The maximum absolute atomic E-state index is 5.68. The van der Waals surface area contributed by atoms with Crippen LogP contribution >= 0.6 is 11.3 Å². The average molecular weight is 249 g/mol. The second-order valence-electron chi connectivity index (χ2n) is 4.35. The van der Waals surface area contributed by atoms with E-state index < -0.39 is 0 Å². The highest BCUT2D eigenvalue weighted by molar-refractivity contribution is 7.16. The Bertz CT molecular complexity index is 507. The van der Waals surface area contributed by atoms with E-state index in [1.165, 1.54) is 0 Å². The summed E-state index contributed by atoms with van der Waals surface area (Å²) in [6.45, 7) is 3.03. The van der Waals surface area contributed by atoms with Crippen molar-refractivity contribution in [2.24, 2.45) is 0 Å². The van der Waals surface area contributed by atoms with Gasteiger partial charge in [0.2, 0.25) is 0 Å². The summed E-state index contributed by atoms with van der Waals surface area (Å²) in [5.74, 6) is 0.916. The molecule has 0 amide bonds. The number of thiophene rings is 1. The fourth-order valence-electron chi connectivity index (χ4n) is 2.21. The normalized spacial score (nSPS) is 21.8. The molecule has 0 radical (unpaired) electrons. The smallest absolute Gasteiger partial charge is 0.138 e. The Kier molecular flexibility index (Phi) is 2.94. The van der Waals surface area contributed by atoms with Gasteiger partial charge in [-0.2, -0.15) is 0 Å². The molecule has 5 heteroatoms. The first-order chi connectivity index (χ1) is 8.34. The molecule has 0 aliphatic carbocycles. The van der Waals surface area contributed by atoms with Gasteiger partial charge in [0.15, 0.2) is 0 Å². The topological polar surface area (TPSA) is 47.0 Å². The van der Waals surface area contributed by atoms with Gasteiger partial charge in [-0.3, -0.25) is 0 Å². The van der Waals surface area contributed by atoms with E-state index in [4.69, 9.17) is 4.74 Å². The zero-order chi connectivity index (χ0) is 11.7. The molecule has 2 aromatic heterocycles. The van der Waals surface area contributed by atoms with Crippen LogP contribution in [0.1, 0.15) is 19.8 Å². The van der Waals surface area contributed by atoms with Gasteiger partial charge in [-0.15, -0.1) is 11.3 Å². The minimum atomic E-state index is 0.288. The second kappa shape index (κ2) is 4.58. The third-order valence-corrected chi connectivity index (χ3v) is 3.97. The van der Waals surface area contributed by atoms with Gasteiger partial charge in [0.05, 0.1) is 17.5 Å². The van der Waals surface area contributed by atoms with Gasteiger partial charge in [-0.05, 0) is 31.2 Å². The van der Waals surface area contributed by atoms with Crippen molar-refractivity contribution >= 4 is 27.4 Å². The van der Waals surface area contributed by atoms with Gasteiger partial charge in [0.25, 0.3) is 0 Å². The Morgan fingerprint density at radius 2 is 2.47 bits per heavy atom. The Balaban J connectivity index is 1.81. The van der Waals surface area contributed by atoms with Gasteiger partial charge >= 0.3 is 0 Å². The number of anilines is 1. The van der Waals surface area contributed by atoms with Gasteiger partial charge in [0, 0.05) is 6.61 Å². The van der Waals surface area contributed by atoms with Crippen LogP contribution < -0.4 is 5.32 Å². The molecule has 3 rings (SSSR count). The van der Waals surface area contributed by atoms with Crippen LogP contribution in [0.25, 0.3) is 10.2 Å². The third kappa shape index (κ3) is 2.12. The van der Waals surface area contributed by atoms with Crippen LogP contribution in [-0.4, -0.2) is 28.7 Å². The lowest BCUT2D eigenvalue weighted by molar-refractivity contribution is 0.0996. The van der Waals surface area contributed by atoms with E-state index in [2.05, 4.69) is 28.3 Å². The van der Waals surface area contributed by atoms with Crippen molar-refractivity contribution in [1.29, 1.82) is 0 Å². The van der Waals surface area contributed by atoms with Crippen LogP contribution in [0.3, 0.4) is 0 Å². The number of hydrogen-bond donors (Lipinski definition) is 1. The molecule has 0 spiro atoms. The molecule has 0 bridgehead atoms. The minimum Gasteiger partial charge on any atom is -0.376 e. The van der Waals surface area contributed by atoms with Crippen LogP contribution in [-0.2, 0) is 4.74 Å². The highest BCUT2D eigenvalue weighted by Gasteiger charge is 2.22. The summed E-state index contributed by atoms with van der Waals surface area (Å²) in [7, 11) is 0. The summed E-state index contributed by atoms with van der Waals surface area (Å²) >= 11 is 1.64. The van der Waals surface area contributed by atoms with Gasteiger partial charge in [-0.1, -0.05) is 0 Å². The first kappa shape index (κ1) is 10.9. The van der Waals surface area contributed by atoms with E-state index in [1.807, 2.05) is 5.38 Å². The van der Waals surface area contributed by atoms with Crippen LogP contribution in [0.4, 0.5) is 5.82 Å². The van der Waals surface area contributed by atoms with E-state index in [0.717, 1.165) is 35.5 Å². The zero-order valence-electron chi connectivity index (χ0n) is 9.72. The van der Waals surface area contributed by atoms with E-state index in [1.54, 1.807) is 17.7 Å². The summed E-state index contributed by atoms with van der Waals surface area (Å²) < 4.78 is 5.68. The lowest BCUT2D eigenvalue weighted by Crippen LogP contribution is -2.30. The maximum atomic E-state index is 5.68. The number of ether oxygens (including phenoxy) is 1. The Hall–Kier alpha value is -1.20. The van der Waals surface area contributed by atoms with Crippen LogP contribution in [0.5, 0.6) is 0 Å². The van der Waals surface area contributed by atoms with Gasteiger partial charge < -0.3 is 10.1 Å². The fourth-order valence-corrected chi connectivity index (χ4v) is 2.94. The molecule has 2 aromatic rings. The summed E-state index contributed by atoms with van der Waals surface area (Å²) in [5, 5.41) is 6.59. The number of rotatable bonds is 3. The van der Waals surface area contributed by atoms with Crippen molar-refractivity contribution in [2.75, 3.05) is 11.9 Å². The molecule has 1 saturated heterocycles. The molecular formula is C12H15N3OS. The van der Waals surface area contributed by atoms with Crippen molar-refractivity contribution in [3.05, 3.63) is 17.8 Å². The summed E-state index contributed by atoms with van der Waals surface area (Å²) in [6.07, 6.45) is 4.21. The first-order valence-corrected chi connectivity index (χ1v) is 6.79. The van der Waals surface area contributed by atoms with Crippen LogP contribution in [0.2, 0.25) is 0 Å². The average Bonchev–Trinajstić information content (AvgIpc) is 3.00. The van der Waals surface area contributed by atoms with Crippen molar-refractivity contribution in [1.82, 2.24) is 9.97 Å².